The highest BCUT2D eigenvalue weighted by Crippen LogP contribution is 2.29. The van der Waals surface area contributed by atoms with Gasteiger partial charge < -0.3 is 4.90 Å². The van der Waals surface area contributed by atoms with Crippen LogP contribution in [0.3, 0.4) is 0 Å². The molecule has 2 amide bonds. The van der Waals surface area contributed by atoms with Gasteiger partial charge in [-0.25, -0.2) is 0 Å². The van der Waals surface area contributed by atoms with Gasteiger partial charge in [0.05, 0.1) is 0 Å². The molecule has 4 rings (SSSR count). The number of hydrogen-bond acceptors (Lipinski definition) is 7. The van der Waals surface area contributed by atoms with E-state index < -0.39 is 15.9 Å². The Bertz CT molecular complexity index is 1300. The molecule has 1 saturated heterocycles. The number of carbonyl (C=O) groups is 2. The molecule has 0 saturated carbocycles. The van der Waals surface area contributed by atoms with Gasteiger partial charge in [0.1, 0.15) is 0 Å². The molecule has 2 heterocycles. The quantitative estimate of drug-likeness (QED) is 0.532. The number of nitrogens with zero attached hydrogens (tertiary/aromatic N) is 3. The molecular formula is C21H21N5O4S2. The predicted molar refractivity (Wildman–Crippen MR) is 123 cm³/mol. The minimum absolute atomic E-state index is 0.0653. The molecule has 3 aromatic rings. The van der Waals surface area contributed by atoms with Crippen LogP contribution in [0.25, 0.3) is 0 Å². The monoisotopic (exact) mass is 471 g/mol. The van der Waals surface area contributed by atoms with Crippen LogP contribution in [0.5, 0.6) is 0 Å². The highest BCUT2D eigenvalue weighted by Gasteiger charge is 2.25. The third-order valence-electron chi connectivity index (χ3n) is 4.95. The number of sulfonamides is 1. The molecule has 0 aliphatic carbocycles. The van der Waals surface area contributed by atoms with Crippen molar-refractivity contribution < 1.29 is 18.0 Å². The van der Waals surface area contributed by atoms with E-state index in [1.165, 1.54) is 0 Å². The van der Waals surface area contributed by atoms with E-state index in [4.69, 9.17) is 0 Å². The number of rotatable bonds is 6. The second-order valence-electron chi connectivity index (χ2n) is 7.45. The van der Waals surface area contributed by atoms with Crippen molar-refractivity contribution in [2.75, 3.05) is 21.5 Å². The van der Waals surface area contributed by atoms with Crippen molar-refractivity contribution in [1.82, 2.24) is 10.2 Å². The van der Waals surface area contributed by atoms with Crippen LogP contribution >= 0.6 is 11.3 Å². The van der Waals surface area contributed by atoms with Crippen LogP contribution in [0.2, 0.25) is 0 Å². The van der Waals surface area contributed by atoms with Gasteiger partial charge in [-0.15, -0.1) is 10.2 Å². The number of anilines is 3. The van der Waals surface area contributed by atoms with Crippen molar-refractivity contribution in [3.05, 3.63) is 59.2 Å². The highest BCUT2D eigenvalue weighted by atomic mass is 32.2. The fourth-order valence-electron chi connectivity index (χ4n) is 3.45. The van der Waals surface area contributed by atoms with Crippen LogP contribution in [0.1, 0.15) is 34.3 Å². The van der Waals surface area contributed by atoms with Gasteiger partial charge in [-0.3, -0.25) is 19.6 Å². The summed E-state index contributed by atoms with van der Waals surface area (Å²) in [6.45, 7) is 4.35. The average Bonchev–Trinajstić information content (AvgIpc) is 3.37. The molecule has 0 radical (unpaired) electrons. The van der Waals surface area contributed by atoms with Gasteiger partial charge in [0.2, 0.25) is 11.0 Å². The molecular weight excluding hydrogens is 450 g/mol. The number of benzene rings is 2. The Balaban J connectivity index is 1.47. The van der Waals surface area contributed by atoms with E-state index in [0.717, 1.165) is 34.6 Å². The van der Waals surface area contributed by atoms with E-state index in [1.54, 1.807) is 41.3 Å². The summed E-state index contributed by atoms with van der Waals surface area (Å²) in [7, 11) is -4.00. The van der Waals surface area contributed by atoms with Crippen molar-refractivity contribution >= 4 is 49.7 Å². The van der Waals surface area contributed by atoms with Crippen molar-refractivity contribution in [3.63, 3.8) is 0 Å². The molecule has 9 nitrogen and oxygen atoms in total. The molecule has 1 aliphatic rings. The van der Waals surface area contributed by atoms with Crippen molar-refractivity contribution in [2.24, 2.45) is 0 Å². The maximum atomic E-state index is 12.7. The Morgan fingerprint density at radius 2 is 1.94 bits per heavy atom. The van der Waals surface area contributed by atoms with Crippen molar-refractivity contribution in [1.29, 1.82) is 0 Å². The van der Waals surface area contributed by atoms with E-state index in [2.05, 4.69) is 20.2 Å². The van der Waals surface area contributed by atoms with E-state index in [9.17, 15) is 18.0 Å². The summed E-state index contributed by atoms with van der Waals surface area (Å²) in [5, 5.41) is 10.1. The number of nitrogens with one attached hydrogen (secondary N) is 2. The lowest BCUT2D eigenvalue weighted by Crippen LogP contribution is -2.24. The molecule has 0 unspecified atom stereocenters. The molecule has 11 heteroatoms. The zero-order chi connectivity index (χ0) is 22.9. The Morgan fingerprint density at radius 3 is 2.62 bits per heavy atom. The third kappa shape index (κ3) is 4.63. The summed E-state index contributed by atoms with van der Waals surface area (Å²) in [5.74, 6) is -0.333. The molecule has 2 N–H and O–H groups in total. The lowest BCUT2D eigenvalue weighted by atomic mass is 10.1. The first kappa shape index (κ1) is 21.9. The normalized spacial score (nSPS) is 13.9. The summed E-state index contributed by atoms with van der Waals surface area (Å²) < 4.78 is 27.7. The molecule has 1 aromatic heterocycles. The van der Waals surface area contributed by atoms with E-state index >= 15 is 0 Å². The van der Waals surface area contributed by atoms with Gasteiger partial charge in [-0.2, -0.15) is 8.42 Å². The molecule has 0 bridgehead atoms. The number of hydrogen-bond donors (Lipinski definition) is 2. The zero-order valence-corrected chi connectivity index (χ0v) is 19.1. The van der Waals surface area contributed by atoms with Crippen molar-refractivity contribution in [3.8, 4) is 0 Å². The molecule has 0 spiro atoms. The lowest BCUT2D eigenvalue weighted by Gasteiger charge is -2.19. The highest BCUT2D eigenvalue weighted by molar-refractivity contribution is 7.94. The van der Waals surface area contributed by atoms with Crippen LogP contribution in [-0.2, 0) is 14.8 Å². The number of amides is 2. The Morgan fingerprint density at radius 1 is 1.12 bits per heavy atom. The first-order chi connectivity index (χ1) is 15.2. The van der Waals surface area contributed by atoms with Gasteiger partial charge in [0.25, 0.3) is 20.3 Å². The molecule has 166 valence electrons. The fraction of sp³-hybridized carbons (Fsp3) is 0.238. The van der Waals surface area contributed by atoms with Crippen LogP contribution in [0, 0.1) is 13.8 Å². The summed E-state index contributed by atoms with van der Waals surface area (Å²) in [6.07, 6.45) is 1.33. The van der Waals surface area contributed by atoms with Gasteiger partial charge >= 0.3 is 0 Å². The number of aryl methyl sites for hydroxylation is 2. The van der Waals surface area contributed by atoms with Crippen LogP contribution in [0.4, 0.5) is 16.5 Å². The summed E-state index contributed by atoms with van der Waals surface area (Å²) in [5.41, 5.74) is 3.27. The molecule has 2 aromatic carbocycles. The lowest BCUT2D eigenvalue weighted by molar-refractivity contribution is -0.117. The number of carbonyl (C=O) groups excluding carboxylic acids is 2. The summed E-state index contributed by atoms with van der Waals surface area (Å²) >= 11 is 0.757. The molecule has 0 atom stereocenters. The van der Waals surface area contributed by atoms with E-state index in [1.807, 2.05) is 19.9 Å². The predicted octanol–water partition coefficient (Wildman–Crippen LogP) is 3.33. The Kier molecular flexibility index (Phi) is 5.94. The topological polar surface area (TPSA) is 121 Å². The van der Waals surface area contributed by atoms with Gasteiger partial charge in [-0.05, 0) is 56.2 Å². The summed E-state index contributed by atoms with van der Waals surface area (Å²) in [4.78, 5) is 26.0. The van der Waals surface area contributed by atoms with Crippen LogP contribution < -0.4 is 14.9 Å². The first-order valence-corrected chi connectivity index (χ1v) is 12.2. The van der Waals surface area contributed by atoms with Gasteiger partial charge in [-0.1, -0.05) is 29.0 Å². The fourth-order valence-corrected chi connectivity index (χ4v) is 5.39. The average molecular weight is 472 g/mol. The minimum atomic E-state index is -4.00. The Labute approximate surface area is 189 Å². The second-order valence-corrected chi connectivity index (χ2v) is 10.3. The zero-order valence-electron chi connectivity index (χ0n) is 17.5. The smallest absolute Gasteiger partial charge is 0.291 e. The van der Waals surface area contributed by atoms with Crippen LogP contribution in [0.15, 0.2) is 46.8 Å². The second kappa shape index (κ2) is 8.67. The standard InChI is InChI=1S/C21H21N5O4S2/c1-13-5-3-6-15(11-13)19(28)22-20-23-24-21(31-20)32(29,30)25-16-8-9-17(14(2)12-16)26-10-4-7-18(26)27/h3,5-6,8-9,11-12,25H,4,7,10H2,1-2H3,(H,22,23,28). The van der Waals surface area contributed by atoms with Crippen LogP contribution in [-0.4, -0.2) is 37.0 Å². The first-order valence-electron chi connectivity index (χ1n) is 9.88. The SMILES string of the molecule is Cc1cccc(C(=O)Nc2nnc(S(=O)(=O)Nc3ccc(N4CCCC4=O)c(C)c3)s2)c1. The maximum absolute atomic E-state index is 12.7. The third-order valence-corrected chi connectivity index (χ3v) is 7.54. The largest absolute Gasteiger partial charge is 0.312 e. The Hall–Kier alpha value is -3.31. The summed E-state index contributed by atoms with van der Waals surface area (Å²) in [6, 6.07) is 12.0. The molecule has 1 aliphatic heterocycles. The maximum Gasteiger partial charge on any atom is 0.291 e. The van der Waals surface area contributed by atoms with Crippen molar-refractivity contribution in [2.45, 2.75) is 31.0 Å². The molecule has 1 fully saturated rings. The van der Waals surface area contributed by atoms with E-state index in [0.29, 0.717) is 24.2 Å². The van der Waals surface area contributed by atoms with E-state index in [-0.39, 0.29) is 15.4 Å². The number of aromatic nitrogens is 2. The minimum Gasteiger partial charge on any atom is -0.312 e. The molecule has 32 heavy (non-hydrogen) atoms. The van der Waals surface area contributed by atoms with Gasteiger partial charge in [0.15, 0.2) is 0 Å². The van der Waals surface area contributed by atoms with Gasteiger partial charge in [0, 0.05) is 29.9 Å².